The van der Waals surface area contributed by atoms with Crippen LogP contribution in [0.4, 0.5) is 0 Å². The van der Waals surface area contributed by atoms with Gasteiger partial charge in [-0.2, -0.15) is 0 Å². The summed E-state index contributed by atoms with van der Waals surface area (Å²) >= 11 is 5.75. The van der Waals surface area contributed by atoms with Gasteiger partial charge in [-0.3, -0.25) is 0 Å². The quantitative estimate of drug-likeness (QED) is 0.616. The SMILES string of the molecule is ClCc1ccc(CNCCOc2ccccc2)cc1. The summed E-state index contributed by atoms with van der Waals surface area (Å²) in [7, 11) is 0. The molecule has 0 aromatic heterocycles. The number of nitrogens with one attached hydrogen (secondary N) is 1. The molecule has 2 aromatic carbocycles. The van der Waals surface area contributed by atoms with Crippen molar-refractivity contribution in [3.8, 4) is 5.75 Å². The topological polar surface area (TPSA) is 21.3 Å². The number of ether oxygens (including phenoxy) is 1. The van der Waals surface area contributed by atoms with E-state index in [1.165, 1.54) is 5.56 Å². The lowest BCUT2D eigenvalue weighted by Gasteiger charge is -2.07. The van der Waals surface area contributed by atoms with Crippen LogP contribution in [0, 0.1) is 0 Å². The molecule has 0 heterocycles. The maximum Gasteiger partial charge on any atom is 0.119 e. The van der Waals surface area contributed by atoms with Crippen LogP contribution in [-0.2, 0) is 12.4 Å². The zero-order valence-corrected chi connectivity index (χ0v) is 11.6. The molecule has 0 saturated carbocycles. The molecular formula is C16H18ClNO. The standard InChI is InChI=1S/C16H18ClNO/c17-12-14-6-8-15(9-7-14)13-18-10-11-19-16-4-2-1-3-5-16/h1-9,18H,10-13H2. The van der Waals surface area contributed by atoms with Gasteiger partial charge in [0, 0.05) is 19.0 Å². The second-order valence-corrected chi connectivity index (χ2v) is 4.56. The number of rotatable bonds is 7. The minimum absolute atomic E-state index is 0.568. The summed E-state index contributed by atoms with van der Waals surface area (Å²) < 4.78 is 5.60. The van der Waals surface area contributed by atoms with Gasteiger partial charge in [0.25, 0.3) is 0 Å². The third-order valence-electron chi connectivity index (χ3n) is 2.80. The molecule has 2 rings (SSSR count). The molecule has 2 nitrogen and oxygen atoms in total. The van der Waals surface area contributed by atoms with E-state index in [9.17, 15) is 0 Å². The number of benzene rings is 2. The molecule has 0 spiro atoms. The summed E-state index contributed by atoms with van der Waals surface area (Å²) in [5.41, 5.74) is 2.41. The number of hydrogen-bond acceptors (Lipinski definition) is 2. The van der Waals surface area contributed by atoms with E-state index >= 15 is 0 Å². The monoisotopic (exact) mass is 275 g/mol. The first-order valence-corrected chi connectivity index (χ1v) is 6.94. The van der Waals surface area contributed by atoms with Gasteiger partial charge in [-0.05, 0) is 23.3 Å². The zero-order chi connectivity index (χ0) is 13.3. The molecule has 100 valence electrons. The average molecular weight is 276 g/mol. The predicted octanol–water partition coefficient (Wildman–Crippen LogP) is 3.59. The molecule has 0 fully saturated rings. The van der Waals surface area contributed by atoms with Crippen LogP contribution in [0.5, 0.6) is 5.75 Å². The van der Waals surface area contributed by atoms with Crippen LogP contribution in [0.1, 0.15) is 11.1 Å². The number of alkyl halides is 1. The Hall–Kier alpha value is -1.51. The van der Waals surface area contributed by atoms with Crippen molar-refractivity contribution >= 4 is 11.6 Å². The second kappa shape index (κ2) is 7.82. The van der Waals surface area contributed by atoms with E-state index in [0.29, 0.717) is 12.5 Å². The van der Waals surface area contributed by atoms with Gasteiger partial charge >= 0.3 is 0 Å². The van der Waals surface area contributed by atoms with E-state index in [2.05, 4.69) is 29.6 Å². The van der Waals surface area contributed by atoms with Gasteiger partial charge in [-0.1, -0.05) is 42.5 Å². The number of halogens is 1. The molecule has 0 unspecified atom stereocenters. The molecule has 0 saturated heterocycles. The Labute approximate surface area is 119 Å². The Bertz CT molecular complexity index is 470. The van der Waals surface area contributed by atoms with Crippen molar-refractivity contribution in [3.63, 3.8) is 0 Å². The highest BCUT2D eigenvalue weighted by molar-refractivity contribution is 6.17. The van der Waals surface area contributed by atoms with Gasteiger partial charge in [0.15, 0.2) is 0 Å². The lowest BCUT2D eigenvalue weighted by Crippen LogP contribution is -2.20. The van der Waals surface area contributed by atoms with Gasteiger partial charge in [0.1, 0.15) is 12.4 Å². The van der Waals surface area contributed by atoms with Crippen LogP contribution in [0.2, 0.25) is 0 Å². The first-order valence-electron chi connectivity index (χ1n) is 6.41. The molecule has 0 atom stereocenters. The Kier molecular flexibility index (Phi) is 5.73. The second-order valence-electron chi connectivity index (χ2n) is 4.29. The molecule has 0 aliphatic heterocycles. The summed E-state index contributed by atoms with van der Waals surface area (Å²) in [5, 5.41) is 3.35. The Balaban J connectivity index is 1.63. The Morgan fingerprint density at radius 3 is 2.26 bits per heavy atom. The minimum Gasteiger partial charge on any atom is -0.492 e. The van der Waals surface area contributed by atoms with E-state index in [4.69, 9.17) is 16.3 Å². The van der Waals surface area contributed by atoms with Gasteiger partial charge < -0.3 is 10.1 Å². The third-order valence-corrected chi connectivity index (χ3v) is 3.11. The maximum absolute atomic E-state index is 5.75. The highest BCUT2D eigenvalue weighted by Crippen LogP contribution is 2.08. The molecular weight excluding hydrogens is 258 g/mol. The summed E-state index contributed by atoms with van der Waals surface area (Å²) in [5.74, 6) is 1.48. The van der Waals surface area contributed by atoms with Crippen LogP contribution >= 0.6 is 11.6 Å². The van der Waals surface area contributed by atoms with Gasteiger partial charge in [0.2, 0.25) is 0 Å². The van der Waals surface area contributed by atoms with E-state index in [1.807, 2.05) is 30.3 Å². The van der Waals surface area contributed by atoms with E-state index in [1.54, 1.807) is 0 Å². The van der Waals surface area contributed by atoms with Crippen molar-refractivity contribution in [2.24, 2.45) is 0 Å². The molecule has 0 amide bonds. The molecule has 0 aliphatic carbocycles. The van der Waals surface area contributed by atoms with E-state index in [-0.39, 0.29) is 0 Å². The average Bonchev–Trinajstić information content (AvgIpc) is 2.49. The third kappa shape index (κ3) is 4.93. The lowest BCUT2D eigenvalue weighted by molar-refractivity contribution is 0.313. The summed E-state index contributed by atoms with van der Waals surface area (Å²) in [6.07, 6.45) is 0. The van der Waals surface area contributed by atoms with Crippen molar-refractivity contribution in [2.45, 2.75) is 12.4 Å². The highest BCUT2D eigenvalue weighted by Gasteiger charge is 1.95. The fourth-order valence-electron chi connectivity index (χ4n) is 1.74. The minimum atomic E-state index is 0.568. The van der Waals surface area contributed by atoms with Crippen molar-refractivity contribution < 1.29 is 4.74 Å². The van der Waals surface area contributed by atoms with Crippen LogP contribution in [0.25, 0.3) is 0 Å². The van der Waals surface area contributed by atoms with Crippen molar-refractivity contribution in [1.82, 2.24) is 5.32 Å². The van der Waals surface area contributed by atoms with Crippen LogP contribution in [0.15, 0.2) is 54.6 Å². The number of para-hydroxylation sites is 1. The van der Waals surface area contributed by atoms with Crippen LogP contribution in [0.3, 0.4) is 0 Å². The summed E-state index contributed by atoms with van der Waals surface area (Å²) in [4.78, 5) is 0. The first-order chi connectivity index (χ1) is 9.38. The summed E-state index contributed by atoms with van der Waals surface area (Å²) in [6, 6.07) is 18.2. The normalized spacial score (nSPS) is 10.4. The van der Waals surface area contributed by atoms with Gasteiger partial charge in [-0.15, -0.1) is 11.6 Å². The van der Waals surface area contributed by atoms with Crippen molar-refractivity contribution in [3.05, 3.63) is 65.7 Å². The highest BCUT2D eigenvalue weighted by atomic mass is 35.5. The molecule has 0 aliphatic rings. The van der Waals surface area contributed by atoms with Gasteiger partial charge in [-0.25, -0.2) is 0 Å². The lowest BCUT2D eigenvalue weighted by atomic mass is 10.1. The fourth-order valence-corrected chi connectivity index (χ4v) is 1.91. The molecule has 0 bridgehead atoms. The van der Waals surface area contributed by atoms with Crippen molar-refractivity contribution in [1.29, 1.82) is 0 Å². The van der Waals surface area contributed by atoms with E-state index in [0.717, 1.165) is 24.4 Å². The van der Waals surface area contributed by atoms with Crippen LogP contribution < -0.4 is 10.1 Å². The zero-order valence-electron chi connectivity index (χ0n) is 10.8. The molecule has 2 aromatic rings. The molecule has 0 radical (unpaired) electrons. The smallest absolute Gasteiger partial charge is 0.119 e. The maximum atomic E-state index is 5.75. The first kappa shape index (κ1) is 13.9. The van der Waals surface area contributed by atoms with Crippen LogP contribution in [-0.4, -0.2) is 13.2 Å². The fraction of sp³-hybridized carbons (Fsp3) is 0.250. The molecule has 19 heavy (non-hydrogen) atoms. The summed E-state index contributed by atoms with van der Waals surface area (Å²) in [6.45, 7) is 2.34. The number of hydrogen-bond donors (Lipinski definition) is 1. The van der Waals surface area contributed by atoms with E-state index < -0.39 is 0 Å². The Morgan fingerprint density at radius 1 is 0.895 bits per heavy atom. The Morgan fingerprint density at radius 2 is 1.58 bits per heavy atom. The molecule has 3 heteroatoms. The molecule has 1 N–H and O–H groups in total. The van der Waals surface area contributed by atoms with Crippen molar-refractivity contribution in [2.75, 3.05) is 13.2 Å². The van der Waals surface area contributed by atoms with Gasteiger partial charge in [0.05, 0.1) is 0 Å². The largest absolute Gasteiger partial charge is 0.492 e. The predicted molar refractivity (Wildman–Crippen MR) is 79.6 cm³/mol.